The van der Waals surface area contributed by atoms with Crippen molar-refractivity contribution in [3.63, 3.8) is 0 Å². The summed E-state index contributed by atoms with van der Waals surface area (Å²) in [4.78, 5) is 37.0. The minimum atomic E-state index is -0.515. The number of nitrogens with zero attached hydrogens (tertiary/aromatic N) is 2. The highest BCUT2D eigenvalue weighted by atomic mass is 35.5. The Balaban J connectivity index is 1.57. The van der Waals surface area contributed by atoms with Crippen molar-refractivity contribution in [1.29, 1.82) is 0 Å². The van der Waals surface area contributed by atoms with Gasteiger partial charge in [-0.1, -0.05) is 29.8 Å². The van der Waals surface area contributed by atoms with Crippen LogP contribution >= 0.6 is 23.4 Å². The second-order valence-electron chi connectivity index (χ2n) is 6.70. The lowest BCUT2D eigenvalue weighted by molar-refractivity contribution is -0.384. The lowest BCUT2D eigenvalue weighted by Crippen LogP contribution is -2.27. The Hall–Kier alpha value is -3.56. The van der Waals surface area contributed by atoms with E-state index in [2.05, 4.69) is 0 Å². The molecular weight excluding hydrogens is 456 g/mol. The van der Waals surface area contributed by atoms with E-state index in [9.17, 15) is 19.7 Å². The molecule has 2 amide bonds. The minimum absolute atomic E-state index is 0.0745. The maximum absolute atomic E-state index is 12.8. The number of rotatable bonds is 6. The predicted molar refractivity (Wildman–Crippen MR) is 120 cm³/mol. The summed E-state index contributed by atoms with van der Waals surface area (Å²) in [7, 11) is 1.40. The molecule has 1 fully saturated rings. The van der Waals surface area contributed by atoms with Gasteiger partial charge in [-0.25, -0.2) is 0 Å². The van der Waals surface area contributed by atoms with Crippen molar-refractivity contribution in [3.05, 3.63) is 86.0 Å². The van der Waals surface area contributed by atoms with E-state index < -0.39 is 16.1 Å². The molecule has 0 aliphatic carbocycles. The summed E-state index contributed by atoms with van der Waals surface area (Å²) in [5.74, 6) is 0.591. The molecular formula is C22H15ClN2O6S. The molecule has 0 unspecified atom stereocenters. The van der Waals surface area contributed by atoms with Gasteiger partial charge in [-0.3, -0.25) is 24.6 Å². The molecule has 2 heterocycles. The first-order valence-electron chi connectivity index (χ1n) is 9.29. The van der Waals surface area contributed by atoms with E-state index in [1.165, 1.54) is 31.4 Å². The number of amides is 2. The predicted octanol–water partition coefficient (Wildman–Crippen LogP) is 5.75. The van der Waals surface area contributed by atoms with Crippen LogP contribution in [0.1, 0.15) is 11.3 Å². The number of nitro groups is 1. The summed E-state index contributed by atoms with van der Waals surface area (Å²) in [5.41, 5.74) is 1.08. The van der Waals surface area contributed by atoms with Crippen molar-refractivity contribution >= 4 is 46.3 Å². The SMILES string of the molecule is COc1cc([N+](=O)[O-])ccc1-c1ccc(/C=C2\SC(=O)N(Cc3ccccc3Cl)C2=O)o1. The van der Waals surface area contributed by atoms with Crippen LogP contribution in [0.5, 0.6) is 5.75 Å². The summed E-state index contributed by atoms with van der Waals surface area (Å²) >= 11 is 6.96. The van der Waals surface area contributed by atoms with Gasteiger partial charge >= 0.3 is 0 Å². The number of benzene rings is 2. The molecule has 0 radical (unpaired) electrons. The number of non-ortho nitro benzene ring substituents is 1. The Morgan fingerprint density at radius 3 is 2.69 bits per heavy atom. The summed E-state index contributed by atoms with van der Waals surface area (Å²) in [6, 6.07) is 14.5. The maximum atomic E-state index is 12.8. The van der Waals surface area contributed by atoms with Gasteiger partial charge in [-0.05, 0) is 41.6 Å². The number of thioether (sulfide) groups is 1. The van der Waals surface area contributed by atoms with E-state index in [0.29, 0.717) is 27.7 Å². The molecule has 1 aliphatic rings. The number of nitro benzene ring substituents is 1. The molecule has 2 aromatic carbocycles. The van der Waals surface area contributed by atoms with Crippen LogP contribution < -0.4 is 4.74 Å². The van der Waals surface area contributed by atoms with E-state index in [-0.39, 0.29) is 22.9 Å². The molecule has 32 heavy (non-hydrogen) atoms. The third-order valence-electron chi connectivity index (χ3n) is 4.72. The van der Waals surface area contributed by atoms with Crippen molar-refractivity contribution in [2.75, 3.05) is 7.11 Å². The highest BCUT2D eigenvalue weighted by Gasteiger charge is 2.35. The highest BCUT2D eigenvalue weighted by molar-refractivity contribution is 8.18. The molecule has 0 spiro atoms. The van der Waals surface area contributed by atoms with Gasteiger partial charge in [-0.15, -0.1) is 0 Å². The second-order valence-corrected chi connectivity index (χ2v) is 8.10. The number of carbonyl (C=O) groups is 2. The van der Waals surface area contributed by atoms with Crippen LogP contribution in [-0.2, 0) is 11.3 Å². The van der Waals surface area contributed by atoms with E-state index in [0.717, 1.165) is 16.7 Å². The average molecular weight is 471 g/mol. The lowest BCUT2D eigenvalue weighted by Gasteiger charge is -2.13. The zero-order chi connectivity index (χ0) is 22.8. The second kappa shape index (κ2) is 8.89. The third-order valence-corrected chi connectivity index (χ3v) is 6.00. The van der Waals surface area contributed by atoms with Gasteiger partial charge in [-0.2, -0.15) is 0 Å². The fourth-order valence-electron chi connectivity index (χ4n) is 3.13. The van der Waals surface area contributed by atoms with Crippen LogP contribution in [0, 0.1) is 10.1 Å². The molecule has 1 aliphatic heterocycles. The zero-order valence-electron chi connectivity index (χ0n) is 16.6. The topological polar surface area (TPSA) is 103 Å². The number of hydrogen-bond donors (Lipinski definition) is 0. The summed E-state index contributed by atoms with van der Waals surface area (Å²) < 4.78 is 11.0. The van der Waals surface area contributed by atoms with E-state index in [1.807, 2.05) is 0 Å². The summed E-state index contributed by atoms with van der Waals surface area (Å²) in [5, 5.41) is 11.1. The van der Waals surface area contributed by atoms with Crippen LogP contribution in [0.3, 0.4) is 0 Å². The summed E-state index contributed by atoms with van der Waals surface area (Å²) in [6.07, 6.45) is 1.48. The number of imide groups is 1. The van der Waals surface area contributed by atoms with Crippen LogP contribution in [0.15, 0.2) is 63.9 Å². The number of methoxy groups -OCH3 is 1. The number of hydrogen-bond acceptors (Lipinski definition) is 7. The van der Waals surface area contributed by atoms with Crippen LogP contribution in [0.4, 0.5) is 10.5 Å². The first-order chi connectivity index (χ1) is 15.4. The average Bonchev–Trinajstić information content (AvgIpc) is 3.34. The first-order valence-corrected chi connectivity index (χ1v) is 10.5. The Morgan fingerprint density at radius 1 is 1.19 bits per heavy atom. The number of furan rings is 1. The molecule has 162 valence electrons. The quantitative estimate of drug-likeness (QED) is 0.256. The molecule has 4 rings (SSSR count). The fourth-order valence-corrected chi connectivity index (χ4v) is 4.15. The molecule has 10 heteroatoms. The van der Waals surface area contributed by atoms with Crippen molar-refractivity contribution in [2.45, 2.75) is 6.54 Å². The number of ether oxygens (including phenoxy) is 1. The molecule has 1 saturated heterocycles. The largest absolute Gasteiger partial charge is 0.496 e. The Morgan fingerprint density at radius 2 is 1.97 bits per heavy atom. The van der Waals surface area contributed by atoms with Crippen LogP contribution in [0.2, 0.25) is 5.02 Å². The molecule has 0 saturated carbocycles. The van der Waals surface area contributed by atoms with E-state index in [4.69, 9.17) is 20.8 Å². The third kappa shape index (κ3) is 4.25. The standard InChI is InChI=1S/C22H15ClN2O6S/c1-30-19-10-14(25(28)29)6-8-16(19)18-9-7-15(31-18)11-20-21(26)24(22(27)32-20)12-13-4-2-3-5-17(13)23/h2-11H,12H2,1H3/b20-11-. The molecule has 0 bridgehead atoms. The van der Waals surface area contributed by atoms with Gasteiger partial charge in [0.15, 0.2) is 0 Å². The van der Waals surface area contributed by atoms with Gasteiger partial charge in [0, 0.05) is 17.2 Å². The number of carbonyl (C=O) groups excluding carboxylic acids is 2. The zero-order valence-corrected chi connectivity index (χ0v) is 18.2. The smallest absolute Gasteiger partial charge is 0.293 e. The van der Waals surface area contributed by atoms with Gasteiger partial charge in [0.1, 0.15) is 17.3 Å². The molecule has 8 nitrogen and oxygen atoms in total. The van der Waals surface area contributed by atoms with Crippen LogP contribution in [-0.4, -0.2) is 28.1 Å². The normalized spacial score (nSPS) is 14.9. The Labute approximate surface area is 191 Å². The lowest BCUT2D eigenvalue weighted by atomic mass is 10.1. The molecule has 0 atom stereocenters. The van der Waals surface area contributed by atoms with Crippen molar-refractivity contribution < 1.29 is 23.7 Å². The van der Waals surface area contributed by atoms with Gasteiger partial charge in [0.05, 0.1) is 35.1 Å². The highest BCUT2D eigenvalue weighted by Crippen LogP contribution is 2.37. The first kappa shape index (κ1) is 21.7. The van der Waals surface area contributed by atoms with Gasteiger partial charge in [0.25, 0.3) is 16.8 Å². The van der Waals surface area contributed by atoms with Crippen LogP contribution in [0.25, 0.3) is 17.4 Å². The molecule has 3 aromatic rings. The maximum Gasteiger partial charge on any atom is 0.293 e. The summed E-state index contributed by atoms with van der Waals surface area (Å²) in [6.45, 7) is 0.0745. The van der Waals surface area contributed by atoms with E-state index in [1.54, 1.807) is 36.4 Å². The monoisotopic (exact) mass is 470 g/mol. The van der Waals surface area contributed by atoms with Crippen molar-refractivity contribution in [3.8, 4) is 17.1 Å². The fraction of sp³-hybridized carbons (Fsp3) is 0.0909. The Kier molecular flexibility index (Phi) is 6.02. The molecule has 0 N–H and O–H groups in total. The Bertz CT molecular complexity index is 1270. The molecule has 1 aromatic heterocycles. The van der Waals surface area contributed by atoms with Gasteiger partial charge < -0.3 is 9.15 Å². The number of halogens is 1. The van der Waals surface area contributed by atoms with Crippen molar-refractivity contribution in [2.24, 2.45) is 0 Å². The minimum Gasteiger partial charge on any atom is -0.496 e. The van der Waals surface area contributed by atoms with E-state index >= 15 is 0 Å². The van der Waals surface area contributed by atoms with Gasteiger partial charge in [0.2, 0.25) is 0 Å². The van der Waals surface area contributed by atoms with Crippen molar-refractivity contribution in [1.82, 2.24) is 4.90 Å².